The zero-order valence-electron chi connectivity index (χ0n) is 12.6. The fourth-order valence-electron chi connectivity index (χ4n) is 3.41. The van der Waals surface area contributed by atoms with Gasteiger partial charge in [-0.3, -0.25) is 0 Å². The van der Waals surface area contributed by atoms with E-state index in [9.17, 15) is 10.2 Å². The molecule has 0 heterocycles. The van der Waals surface area contributed by atoms with Crippen molar-refractivity contribution in [1.29, 1.82) is 0 Å². The van der Waals surface area contributed by atoms with Crippen LogP contribution in [0.3, 0.4) is 0 Å². The fraction of sp³-hybridized carbons (Fsp3) is 0.647. The fourth-order valence-corrected chi connectivity index (χ4v) is 3.41. The number of phenolic OH excluding ortho intramolecular Hbond substituents is 2. The topological polar surface area (TPSA) is 52.5 Å². The number of rotatable bonds is 5. The summed E-state index contributed by atoms with van der Waals surface area (Å²) in [7, 11) is 0. The van der Waals surface area contributed by atoms with Gasteiger partial charge < -0.3 is 15.5 Å². The minimum atomic E-state index is -0.0304. The van der Waals surface area contributed by atoms with E-state index in [2.05, 4.69) is 12.2 Å². The van der Waals surface area contributed by atoms with E-state index in [1.54, 1.807) is 18.2 Å². The number of nitrogens with one attached hydrogen (secondary N) is 1. The van der Waals surface area contributed by atoms with Crippen LogP contribution in [0.2, 0.25) is 0 Å². The molecule has 0 spiro atoms. The highest BCUT2D eigenvalue weighted by atomic mass is 16.3. The van der Waals surface area contributed by atoms with Crippen molar-refractivity contribution in [3.63, 3.8) is 0 Å². The molecule has 0 radical (unpaired) electrons. The van der Waals surface area contributed by atoms with Crippen LogP contribution in [-0.4, -0.2) is 16.8 Å². The largest absolute Gasteiger partial charge is 0.507 e. The Morgan fingerprint density at radius 3 is 2.60 bits per heavy atom. The van der Waals surface area contributed by atoms with Crippen molar-refractivity contribution in [3.8, 4) is 11.5 Å². The summed E-state index contributed by atoms with van der Waals surface area (Å²) in [6.45, 7) is 5.27. The lowest BCUT2D eigenvalue weighted by atomic mass is 9.81. The molecule has 0 aromatic heterocycles. The van der Waals surface area contributed by atoms with E-state index < -0.39 is 0 Å². The lowest BCUT2D eigenvalue weighted by molar-refractivity contribution is 0.265. The Kier molecular flexibility index (Phi) is 5.30. The Hall–Kier alpha value is -1.22. The van der Waals surface area contributed by atoms with Gasteiger partial charge in [0.25, 0.3) is 0 Å². The SMILES string of the molecule is CC1CCCC(CCNC(C)c2c(O)cccc2O)C1. The summed E-state index contributed by atoms with van der Waals surface area (Å²) in [6, 6.07) is 4.87. The third kappa shape index (κ3) is 3.89. The van der Waals surface area contributed by atoms with Gasteiger partial charge in [0.2, 0.25) is 0 Å². The van der Waals surface area contributed by atoms with Crippen LogP contribution in [0.1, 0.15) is 57.6 Å². The molecule has 0 aliphatic heterocycles. The Morgan fingerprint density at radius 2 is 1.95 bits per heavy atom. The Labute approximate surface area is 122 Å². The van der Waals surface area contributed by atoms with Gasteiger partial charge in [0.05, 0.1) is 5.56 Å². The summed E-state index contributed by atoms with van der Waals surface area (Å²) in [6.07, 6.45) is 6.62. The molecule has 3 unspecified atom stereocenters. The second-order valence-electron chi connectivity index (χ2n) is 6.31. The molecular formula is C17H27NO2. The maximum absolute atomic E-state index is 9.84. The number of benzene rings is 1. The highest BCUT2D eigenvalue weighted by Crippen LogP contribution is 2.33. The van der Waals surface area contributed by atoms with E-state index in [1.807, 2.05) is 6.92 Å². The Balaban J connectivity index is 1.82. The van der Waals surface area contributed by atoms with Gasteiger partial charge in [-0.1, -0.05) is 32.3 Å². The van der Waals surface area contributed by atoms with Gasteiger partial charge >= 0.3 is 0 Å². The summed E-state index contributed by atoms with van der Waals surface area (Å²) in [5.41, 5.74) is 0.601. The molecule has 1 saturated carbocycles. The van der Waals surface area contributed by atoms with Crippen molar-refractivity contribution in [2.45, 2.75) is 52.0 Å². The van der Waals surface area contributed by atoms with Crippen molar-refractivity contribution >= 4 is 0 Å². The van der Waals surface area contributed by atoms with Crippen molar-refractivity contribution in [3.05, 3.63) is 23.8 Å². The van der Waals surface area contributed by atoms with Gasteiger partial charge in [-0.05, 0) is 50.3 Å². The minimum absolute atomic E-state index is 0.0304. The smallest absolute Gasteiger partial charge is 0.124 e. The van der Waals surface area contributed by atoms with Crippen molar-refractivity contribution in [1.82, 2.24) is 5.32 Å². The molecule has 3 N–H and O–H groups in total. The van der Waals surface area contributed by atoms with Gasteiger partial charge in [-0.2, -0.15) is 0 Å². The van der Waals surface area contributed by atoms with E-state index >= 15 is 0 Å². The highest BCUT2D eigenvalue weighted by molar-refractivity contribution is 5.44. The predicted octanol–water partition coefficient (Wildman–Crippen LogP) is 3.96. The van der Waals surface area contributed by atoms with E-state index in [-0.39, 0.29) is 17.5 Å². The highest BCUT2D eigenvalue weighted by Gasteiger charge is 2.19. The molecule has 1 aliphatic carbocycles. The maximum atomic E-state index is 9.84. The maximum Gasteiger partial charge on any atom is 0.124 e. The number of phenols is 2. The molecule has 1 aromatic carbocycles. The Bertz CT molecular complexity index is 413. The van der Waals surface area contributed by atoms with Crippen LogP contribution in [0.15, 0.2) is 18.2 Å². The normalized spacial score (nSPS) is 24.5. The number of hydrogen-bond acceptors (Lipinski definition) is 3. The van der Waals surface area contributed by atoms with Crippen LogP contribution in [0.25, 0.3) is 0 Å². The van der Waals surface area contributed by atoms with E-state index in [1.165, 1.54) is 32.1 Å². The van der Waals surface area contributed by atoms with Gasteiger partial charge in [-0.25, -0.2) is 0 Å². The van der Waals surface area contributed by atoms with E-state index in [4.69, 9.17) is 0 Å². The lowest BCUT2D eigenvalue weighted by Crippen LogP contribution is -2.24. The molecule has 0 amide bonds. The van der Waals surface area contributed by atoms with Crippen LogP contribution < -0.4 is 5.32 Å². The average Bonchev–Trinajstić information content (AvgIpc) is 2.38. The monoisotopic (exact) mass is 277 g/mol. The molecule has 1 aromatic rings. The van der Waals surface area contributed by atoms with Crippen LogP contribution in [0.5, 0.6) is 11.5 Å². The molecule has 3 atom stereocenters. The van der Waals surface area contributed by atoms with E-state index in [0.717, 1.165) is 18.4 Å². The summed E-state index contributed by atoms with van der Waals surface area (Å²) < 4.78 is 0. The Morgan fingerprint density at radius 1 is 1.25 bits per heavy atom. The first-order chi connectivity index (χ1) is 9.58. The van der Waals surface area contributed by atoms with Gasteiger partial charge in [-0.15, -0.1) is 0 Å². The quantitative estimate of drug-likeness (QED) is 0.763. The van der Waals surface area contributed by atoms with Crippen LogP contribution in [0.4, 0.5) is 0 Å². The zero-order valence-corrected chi connectivity index (χ0v) is 12.6. The van der Waals surface area contributed by atoms with Crippen molar-refractivity contribution in [2.75, 3.05) is 6.54 Å². The van der Waals surface area contributed by atoms with Crippen LogP contribution >= 0.6 is 0 Å². The second-order valence-corrected chi connectivity index (χ2v) is 6.31. The summed E-state index contributed by atoms with van der Waals surface area (Å²) in [5.74, 6) is 2.03. The minimum Gasteiger partial charge on any atom is -0.507 e. The number of aromatic hydroxyl groups is 2. The lowest BCUT2D eigenvalue weighted by Gasteiger charge is -2.27. The standard InChI is InChI=1S/C17H27NO2/c1-12-5-3-6-14(11-12)9-10-18-13(2)17-15(19)7-4-8-16(17)20/h4,7-8,12-14,18-20H,3,5-6,9-11H2,1-2H3. The molecular weight excluding hydrogens is 250 g/mol. The van der Waals surface area contributed by atoms with Crippen LogP contribution in [-0.2, 0) is 0 Å². The summed E-state index contributed by atoms with van der Waals surface area (Å²) in [5, 5.41) is 23.1. The number of hydrogen-bond donors (Lipinski definition) is 3. The van der Waals surface area contributed by atoms with Crippen molar-refractivity contribution < 1.29 is 10.2 Å². The van der Waals surface area contributed by atoms with Gasteiger partial charge in [0.15, 0.2) is 0 Å². The van der Waals surface area contributed by atoms with Gasteiger partial charge in [0, 0.05) is 6.04 Å². The third-order valence-electron chi connectivity index (χ3n) is 4.54. The predicted molar refractivity (Wildman–Crippen MR) is 81.9 cm³/mol. The molecule has 1 fully saturated rings. The van der Waals surface area contributed by atoms with Gasteiger partial charge in [0.1, 0.15) is 11.5 Å². The second kappa shape index (κ2) is 6.98. The first-order valence-corrected chi connectivity index (χ1v) is 7.82. The molecule has 0 bridgehead atoms. The molecule has 3 heteroatoms. The first kappa shape index (κ1) is 15.2. The molecule has 2 rings (SSSR count). The molecule has 20 heavy (non-hydrogen) atoms. The molecule has 1 aliphatic rings. The third-order valence-corrected chi connectivity index (χ3v) is 4.54. The molecule has 3 nitrogen and oxygen atoms in total. The van der Waals surface area contributed by atoms with Crippen molar-refractivity contribution in [2.24, 2.45) is 11.8 Å². The first-order valence-electron chi connectivity index (χ1n) is 7.82. The van der Waals surface area contributed by atoms with E-state index in [0.29, 0.717) is 5.56 Å². The molecule has 112 valence electrons. The summed E-state index contributed by atoms with van der Waals surface area (Å²) >= 11 is 0. The zero-order chi connectivity index (χ0) is 14.5. The average molecular weight is 277 g/mol. The summed E-state index contributed by atoms with van der Waals surface area (Å²) in [4.78, 5) is 0. The van der Waals surface area contributed by atoms with Crippen LogP contribution in [0, 0.1) is 11.8 Å². The molecule has 0 saturated heterocycles.